The van der Waals surface area contributed by atoms with Gasteiger partial charge in [0.25, 0.3) is 5.91 Å². The fraction of sp³-hybridized carbons (Fsp3) is 0.286. The molecule has 1 heterocycles. The number of hydrogen-bond acceptors (Lipinski definition) is 3. The minimum absolute atomic E-state index is 0.117. The standard InChI is InChI=1S/C21H22FN3O/c1-21(2,3)15-6-4-14(5-7-15)8-9-25-20(26)17-12-16(22)13-18-19(17)24-11-10-23-18/h4-7,10-13H,8-9H2,1-3H3,(H,25,26). The second-order valence-corrected chi connectivity index (χ2v) is 7.33. The van der Waals surface area contributed by atoms with Crippen molar-refractivity contribution in [3.05, 3.63) is 71.3 Å². The third-order valence-corrected chi connectivity index (χ3v) is 4.30. The Labute approximate surface area is 152 Å². The Morgan fingerprint density at radius 1 is 1.08 bits per heavy atom. The zero-order chi connectivity index (χ0) is 18.7. The number of nitrogens with one attached hydrogen (secondary N) is 1. The summed E-state index contributed by atoms with van der Waals surface area (Å²) in [6.07, 6.45) is 3.67. The highest BCUT2D eigenvalue weighted by Crippen LogP contribution is 2.22. The van der Waals surface area contributed by atoms with E-state index < -0.39 is 5.82 Å². The molecule has 0 radical (unpaired) electrons. The van der Waals surface area contributed by atoms with Crippen LogP contribution < -0.4 is 5.32 Å². The normalized spacial score (nSPS) is 11.5. The van der Waals surface area contributed by atoms with Crippen molar-refractivity contribution in [1.29, 1.82) is 0 Å². The van der Waals surface area contributed by atoms with Gasteiger partial charge in [0.15, 0.2) is 0 Å². The van der Waals surface area contributed by atoms with Crippen molar-refractivity contribution in [3.63, 3.8) is 0 Å². The van der Waals surface area contributed by atoms with Crippen LogP contribution in [-0.4, -0.2) is 22.4 Å². The van der Waals surface area contributed by atoms with Crippen LogP contribution in [0.5, 0.6) is 0 Å². The number of hydrogen-bond donors (Lipinski definition) is 1. The predicted octanol–water partition coefficient (Wildman–Crippen LogP) is 4.04. The van der Waals surface area contributed by atoms with E-state index in [4.69, 9.17) is 0 Å². The number of aromatic nitrogens is 2. The third-order valence-electron chi connectivity index (χ3n) is 4.30. The first-order valence-corrected chi connectivity index (χ1v) is 8.62. The minimum Gasteiger partial charge on any atom is -0.352 e. The fourth-order valence-electron chi connectivity index (χ4n) is 2.80. The summed E-state index contributed by atoms with van der Waals surface area (Å²) in [6.45, 7) is 6.99. The van der Waals surface area contributed by atoms with Crippen LogP contribution in [0, 0.1) is 5.82 Å². The lowest BCUT2D eigenvalue weighted by atomic mass is 9.86. The maximum atomic E-state index is 13.7. The summed E-state index contributed by atoms with van der Waals surface area (Å²) in [6, 6.07) is 10.9. The lowest BCUT2D eigenvalue weighted by Gasteiger charge is -2.19. The summed E-state index contributed by atoms with van der Waals surface area (Å²) in [4.78, 5) is 20.7. The van der Waals surface area contributed by atoms with Gasteiger partial charge in [-0.25, -0.2) is 4.39 Å². The van der Waals surface area contributed by atoms with Gasteiger partial charge in [0, 0.05) is 25.0 Å². The van der Waals surface area contributed by atoms with Crippen LogP contribution in [0.15, 0.2) is 48.8 Å². The molecule has 0 bridgehead atoms. The molecule has 0 aliphatic heterocycles. The Bertz CT molecular complexity index is 930. The van der Waals surface area contributed by atoms with Crippen molar-refractivity contribution >= 4 is 16.9 Å². The van der Waals surface area contributed by atoms with E-state index in [9.17, 15) is 9.18 Å². The van der Waals surface area contributed by atoms with Gasteiger partial charge in [-0.2, -0.15) is 0 Å². The van der Waals surface area contributed by atoms with Gasteiger partial charge in [-0.1, -0.05) is 45.0 Å². The molecular formula is C21H22FN3O. The monoisotopic (exact) mass is 351 g/mol. The van der Waals surface area contributed by atoms with E-state index >= 15 is 0 Å². The quantitative estimate of drug-likeness (QED) is 0.772. The van der Waals surface area contributed by atoms with Gasteiger partial charge in [-0.15, -0.1) is 0 Å². The molecule has 0 atom stereocenters. The van der Waals surface area contributed by atoms with Gasteiger partial charge in [0.05, 0.1) is 11.1 Å². The number of amides is 1. The van der Waals surface area contributed by atoms with Crippen molar-refractivity contribution in [3.8, 4) is 0 Å². The Morgan fingerprint density at radius 2 is 1.77 bits per heavy atom. The molecule has 0 fully saturated rings. The highest BCUT2D eigenvalue weighted by atomic mass is 19.1. The van der Waals surface area contributed by atoms with Crippen LogP contribution in [0.25, 0.3) is 11.0 Å². The van der Waals surface area contributed by atoms with Gasteiger partial charge >= 0.3 is 0 Å². The highest BCUT2D eigenvalue weighted by molar-refractivity contribution is 6.04. The number of carbonyl (C=O) groups excluding carboxylic acids is 1. The number of halogens is 1. The van der Waals surface area contributed by atoms with Gasteiger partial charge in [0.1, 0.15) is 11.3 Å². The smallest absolute Gasteiger partial charge is 0.253 e. The Hall–Kier alpha value is -2.82. The average Bonchev–Trinajstić information content (AvgIpc) is 2.60. The van der Waals surface area contributed by atoms with Crippen molar-refractivity contribution in [2.45, 2.75) is 32.6 Å². The van der Waals surface area contributed by atoms with Gasteiger partial charge in [0.2, 0.25) is 0 Å². The molecule has 0 spiro atoms. The summed E-state index contributed by atoms with van der Waals surface area (Å²) in [7, 11) is 0. The summed E-state index contributed by atoms with van der Waals surface area (Å²) < 4.78 is 13.7. The van der Waals surface area contributed by atoms with E-state index in [0.29, 0.717) is 24.0 Å². The van der Waals surface area contributed by atoms with Crippen LogP contribution in [0.4, 0.5) is 4.39 Å². The average molecular weight is 351 g/mol. The summed E-state index contributed by atoms with van der Waals surface area (Å²) >= 11 is 0. The minimum atomic E-state index is -0.499. The topological polar surface area (TPSA) is 54.9 Å². The summed E-state index contributed by atoms with van der Waals surface area (Å²) in [5, 5.41) is 2.84. The molecule has 0 aliphatic carbocycles. The van der Waals surface area contributed by atoms with E-state index in [2.05, 4.69) is 60.3 Å². The van der Waals surface area contributed by atoms with Gasteiger partial charge in [-0.05, 0) is 29.0 Å². The molecule has 0 aliphatic rings. The molecule has 5 heteroatoms. The van der Waals surface area contributed by atoms with Crippen molar-refractivity contribution in [2.24, 2.45) is 0 Å². The van der Waals surface area contributed by atoms with E-state index in [1.54, 1.807) is 0 Å². The largest absolute Gasteiger partial charge is 0.352 e. The maximum Gasteiger partial charge on any atom is 0.253 e. The molecule has 1 amide bonds. The van der Waals surface area contributed by atoms with Crippen molar-refractivity contribution in [1.82, 2.24) is 15.3 Å². The van der Waals surface area contributed by atoms with E-state index in [1.807, 2.05) is 0 Å². The van der Waals surface area contributed by atoms with Crippen LogP contribution in [-0.2, 0) is 11.8 Å². The molecule has 0 saturated heterocycles. The van der Waals surface area contributed by atoms with Crippen molar-refractivity contribution in [2.75, 3.05) is 6.54 Å². The lowest BCUT2D eigenvalue weighted by molar-refractivity contribution is 0.0955. The van der Waals surface area contributed by atoms with E-state index in [1.165, 1.54) is 30.1 Å². The zero-order valence-electron chi connectivity index (χ0n) is 15.2. The zero-order valence-corrected chi connectivity index (χ0v) is 15.2. The van der Waals surface area contributed by atoms with Crippen LogP contribution in [0.1, 0.15) is 42.3 Å². The maximum absolute atomic E-state index is 13.7. The van der Waals surface area contributed by atoms with E-state index in [0.717, 1.165) is 5.56 Å². The molecule has 26 heavy (non-hydrogen) atoms. The summed E-state index contributed by atoms with van der Waals surface area (Å²) in [5.41, 5.74) is 3.51. The lowest BCUT2D eigenvalue weighted by Crippen LogP contribution is -2.26. The predicted molar refractivity (Wildman–Crippen MR) is 101 cm³/mol. The molecule has 1 aromatic heterocycles. The first-order valence-electron chi connectivity index (χ1n) is 8.62. The Balaban J connectivity index is 1.66. The number of rotatable bonds is 4. The molecule has 2 aromatic carbocycles. The second kappa shape index (κ2) is 7.20. The molecule has 0 unspecified atom stereocenters. The molecule has 4 nitrogen and oxygen atoms in total. The number of benzene rings is 2. The second-order valence-electron chi connectivity index (χ2n) is 7.33. The van der Waals surface area contributed by atoms with Gasteiger partial charge in [-0.3, -0.25) is 14.8 Å². The highest BCUT2D eigenvalue weighted by Gasteiger charge is 2.14. The van der Waals surface area contributed by atoms with E-state index in [-0.39, 0.29) is 16.9 Å². The van der Waals surface area contributed by atoms with Crippen LogP contribution in [0.3, 0.4) is 0 Å². The summed E-state index contributed by atoms with van der Waals surface area (Å²) in [5.74, 6) is -0.845. The Morgan fingerprint density at radius 3 is 2.46 bits per heavy atom. The first-order chi connectivity index (χ1) is 12.3. The molecule has 134 valence electrons. The molecular weight excluding hydrogens is 329 g/mol. The molecule has 0 saturated carbocycles. The number of carbonyl (C=O) groups is 1. The SMILES string of the molecule is CC(C)(C)c1ccc(CCNC(=O)c2cc(F)cc3nccnc23)cc1. The number of fused-ring (bicyclic) bond motifs is 1. The Kier molecular flexibility index (Phi) is 4.98. The molecule has 3 aromatic rings. The molecule has 3 rings (SSSR count). The van der Waals surface area contributed by atoms with Crippen LogP contribution >= 0.6 is 0 Å². The fourth-order valence-corrected chi connectivity index (χ4v) is 2.80. The number of nitrogens with zero attached hydrogens (tertiary/aromatic N) is 2. The van der Waals surface area contributed by atoms with Gasteiger partial charge < -0.3 is 5.32 Å². The third kappa shape index (κ3) is 4.04. The van der Waals surface area contributed by atoms with Crippen molar-refractivity contribution < 1.29 is 9.18 Å². The molecule has 1 N–H and O–H groups in total. The van der Waals surface area contributed by atoms with Crippen LogP contribution in [0.2, 0.25) is 0 Å². The first kappa shape index (κ1) is 18.0.